The highest BCUT2D eigenvalue weighted by molar-refractivity contribution is 5.78. The van der Waals surface area contributed by atoms with Crippen molar-refractivity contribution in [3.8, 4) is 5.75 Å². The number of nitrogens with zero attached hydrogens (tertiary/aromatic N) is 1. The zero-order valence-corrected chi connectivity index (χ0v) is 14.8. The van der Waals surface area contributed by atoms with E-state index in [1.165, 1.54) is 44.2 Å². The fraction of sp³-hybridized carbons (Fsp3) is 0.632. The van der Waals surface area contributed by atoms with E-state index in [1.54, 1.807) is 12.1 Å². The van der Waals surface area contributed by atoms with Crippen LogP contribution in [0.15, 0.2) is 24.3 Å². The first-order chi connectivity index (χ1) is 12.0. The Hall–Kier alpha value is -1.69. The minimum Gasteiger partial charge on any atom is -0.435 e. The van der Waals surface area contributed by atoms with Crippen LogP contribution in [0.4, 0.5) is 8.78 Å². The molecule has 1 aliphatic rings. The number of hydrogen-bond acceptors (Lipinski definition) is 3. The van der Waals surface area contributed by atoms with Gasteiger partial charge in [-0.15, -0.1) is 0 Å². The Morgan fingerprint density at radius 2 is 1.92 bits per heavy atom. The molecule has 0 saturated heterocycles. The van der Waals surface area contributed by atoms with Crippen LogP contribution in [0, 0.1) is 0 Å². The van der Waals surface area contributed by atoms with Crippen molar-refractivity contribution in [2.45, 2.75) is 57.6 Å². The maximum absolute atomic E-state index is 12.1. The first kappa shape index (κ1) is 19.6. The van der Waals surface area contributed by atoms with E-state index in [1.807, 2.05) is 0 Å². The molecule has 0 unspecified atom stereocenters. The van der Waals surface area contributed by atoms with Gasteiger partial charge in [0.25, 0.3) is 0 Å². The Kier molecular flexibility index (Phi) is 8.12. The third-order valence-corrected chi connectivity index (χ3v) is 4.72. The highest BCUT2D eigenvalue weighted by Crippen LogP contribution is 2.21. The topological polar surface area (TPSA) is 41.6 Å². The second kappa shape index (κ2) is 10.3. The van der Waals surface area contributed by atoms with E-state index in [2.05, 4.69) is 22.0 Å². The number of nitrogens with one attached hydrogen (secondary N) is 1. The number of carbonyl (C=O) groups excluding carboxylic acids is 1. The minimum absolute atomic E-state index is 0.0529. The van der Waals surface area contributed by atoms with Gasteiger partial charge in [0.1, 0.15) is 5.75 Å². The van der Waals surface area contributed by atoms with Crippen LogP contribution < -0.4 is 10.1 Å². The summed E-state index contributed by atoms with van der Waals surface area (Å²) in [4.78, 5) is 14.4. The van der Waals surface area contributed by atoms with E-state index in [9.17, 15) is 13.6 Å². The summed E-state index contributed by atoms with van der Waals surface area (Å²) >= 11 is 0. The minimum atomic E-state index is -2.83. The van der Waals surface area contributed by atoms with Crippen LogP contribution >= 0.6 is 0 Å². The van der Waals surface area contributed by atoms with Gasteiger partial charge in [-0.25, -0.2) is 0 Å². The fourth-order valence-corrected chi connectivity index (χ4v) is 3.30. The van der Waals surface area contributed by atoms with Crippen LogP contribution in [0.3, 0.4) is 0 Å². The number of alkyl halides is 2. The van der Waals surface area contributed by atoms with Gasteiger partial charge in [-0.1, -0.05) is 31.4 Å². The number of amides is 1. The summed E-state index contributed by atoms with van der Waals surface area (Å²) in [5.74, 6) is 0.0488. The number of carbonyl (C=O) groups is 1. The normalized spacial score (nSPS) is 15.6. The molecular weight excluding hydrogens is 326 g/mol. The summed E-state index contributed by atoms with van der Waals surface area (Å²) < 4.78 is 28.5. The highest BCUT2D eigenvalue weighted by atomic mass is 19.3. The highest BCUT2D eigenvalue weighted by Gasteiger charge is 2.17. The number of benzene rings is 1. The van der Waals surface area contributed by atoms with Crippen molar-refractivity contribution < 1.29 is 18.3 Å². The Labute approximate surface area is 148 Å². The lowest BCUT2D eigenvalue weighted by Gasteiger charge is -2.31. The maximum Gasteiger partial charge on any atom is 0.387 e. The van der Waals surface area contributed by atoms with Crippen molar-refractivity contribution in [2.24, 2.45) is 0 Å². The summed E-state index contributed by atoms with van der Waals surface area (Å²) in [6.45, 7) is -1.19. The molecule has 1 fully saturated rings. The first-order valence-electron chi connectivity index (χ1n) is 9.05. The summed E-state index contributed by atoms with van der Waals surface area (Å²) in [6.07, 6.45) is 7.75. The lowest BCUT2D eigenvalue weighted by atomic mass is 9.94. The maximum atomic E-state index is 12.1. The number of hydrogen-bond donors (Lipinski definition) is 1. The summed E-state index contributed by atoms with van der Waals surface area (Å²) in [7, 11) is 2.17. The largest absolute Gasteiger partial charge is 0.435 e. The van der Waals surface area contributed by atoms with Gasteiger partial charge in [0, 0.05) is 12.6 Å². The molecule has 25 heavy (non-hydrogen) atoms. The zero-order valence-electron chi connectivity index (χ0n) is 14.8. The van der Waals surface area contributed by atoms with Gasteiger partial charge in [-0.2, -0.15) is 8.78 Å². The van der Waals surface area contributed by atoms with E-state index in [-0.39, 0.29) is 18.1 Å². The van der Waals surface area contributed by atoms with Gasteiger partial charge in [-0.05, 0) is 50.6 Å². The third-order valence-electron chi connectivity index (χ3n) is 4.72. The SMILES string of the molecule is CN(CCCNC(=O)Cc1ccc(OC(F)F)cc1)C1CCCCC1. The van der Waals surface area contributed by atoms with E-state index in [0.29, 0.717) is 12.6 Å². The van der Waals surface area contributed by atoms with Gasteiger partial charge >= 0.3 is 6.61 Å². The van der Waals surface area contributed by atoms with Gasteiger partial charge in [0.05, 0.1) is 6.42 Å². The zero-order chi connectivity index (χ0) is 18.1. The van der Waals surface area contributed by atoms with Crippen molar-refractivity contribution in [1.82, 2.24) is 10.2 Å². The van der Waals surface area contributed by atoms with Gasteiger partial charge in [-0.3, -0.25) is 4.79 Å². The Morgan fingerprint density at radius 1 is 1.24 bits per heavy atom. The predicted molar refractivity (Wildman–Crippen MR) is 93.9 cm³/mol. The van der Waals surface area contributed by atoms with Crippen LogP contribution in [-0.2, 0) is 11.2 Å². The molecule has 0 aliphatic heterocycles. The molecule has 0 heterocycles. The van der Waals surface area contributed by atoms with Gasteiger partial charge in [0.15, 0.2) is 0 Å². The van der Waals surface area contributed by atoms with Crippen molar-refractivity contribution in [3.63, 3.8) is 0 Å². The molecule has 1 N–H and O–H groups in total. The molecule has 1 saturated carbocycles. The second-order valence-corrected chi connectivity index (χ2v) is 6.68. The molecule has 2 rings (SSSR count). The van der Waals surface area contributed by atoms with Crippen LogP contribution in [0.2, 0.25) is 0 Å². The Bertz CT molecular complexity index is 517. The molecule has 0 aromatic heterocycles. The molecule has 1 aliphatic carbocycles. The van der Waals surface area contributed by atoms with E-state index in [0.717, 1.165) is 18.5 Å². The molecule has 4 nitrogen and oxygen atoms in total. The molecule has 0 atom stereocenters. The van der Waals surface area contributed by atoms with Crippen LogP contribution in [0.1, 0.15) is 44.1 Å². The average molecular weight is 354 g/mol. The monoisotopic (exact) mass is 354 g/mol. The molecule has 0 radical (unpaired) electrons. The molecular formula is C19H28F2N2O2. The molecule has 140 valence electrons. The fourth-order valence-electron chi connectivity index (χ4n) is 3.30. The van der Waals surface area contributed by atoms with Gasteiger partial charge in [0.2, 0.25) is 5.91 Å². The number of rotatable bonds is 9. The number of ether oxygens (including phenoxy) is 1. The Morgan fingerprint density at radius 3 is 2.56 bits per heavy atom. The van der Waals surface area contributed by atoms with E-state index in [4.69, 9.17) is 0 Å². The molecule has 1 aromatic carbocycles. The van der Waals surface area contributed by atoms with Crippen molar-refractivity contribution in [1.29, 1.82) is 0 Å². The summed E-state index contributed by atoms with van der Waals surface area (Å²) in [5, 5.41) is 2.92. The Balaban J connectivity index is 1.61. The van der Waals surface area contributed by atoms with Crippen LogP contribution in [0.5, 0.6) is 5.75 Å². The quantitative estimate of drug-likeness (QED) is 0.689. The van der Waals surface area contributed by atoms with Crippen molar-refractivity contribution >= 4 is 5.91 Å². The van der Waals surface area contributed by atoms with E-state index >= 15 is 0 Å². The smallest absolute Gasteiger partial charge is 0.387 e. The standard InChI is InChI=1S/C19H28F2N2O2/c1-23(16-6-3-2-4-7-16)13-5-12-22-18(24)14-15-8-10-17(11-9-15)25-19(20)21/h8-11,16,19H,2-7,12-14H2,1H3,(H,22,24). The van der Waals surface area contributed by atoms with Gasteiger partial charge < -0.3 is 15.0 Å². The lowest BCUT2D eigenvalue weighted by Crippen LogP contribution is -2.36. The summed E-state index contributed by atoms with van der Waals surface area (Å²) in [5.41, 5.74) is 0.776. The molecule has 1 amide bonds. The molecule has 1 aromatic rings. The molecule has 0 spiro atoms. The predicted octanol–water partition coefficient (Wildman–Crippen LogP) is 3.60. The van der Waals surface area contributed by atoms with Crippen molar-refractivity contribution in [3.05, 3.63) is 29.8 Å². The number of halogens is 2. The average Bonchev–Trinajstić information content (AvgIpc) is 2.60. The first-order valence-corrected chi connectivity index (χ1v) is 9.05. The van der Waals surface area contributed by atoms with Crippen LogP contribution in [-0.4, -0.2) is 43.6 Å². The lowest BCUT2D eigenvalue weighted by molar-refractivity contribution is -0.120. The molecule has 0 bridgehead atoms. The third kappa shape index (κ3) is 7.38. The van der Waals surface area contributed by atoms with E-state index < -0.39 is 6.61 Å². The summed E-state index contributed by atoms with van der Waals surface area (Å²) in [6, 6.07) is 6.86. The second-order valence-electron chi connectivity index (χ2n) is 6.68. The molecule has 6 heteroatoms. The van der Waals surface area contributed by atoms with Crippen LogP contribution in [0.25, 0.3) is 0 Å². The van der Waals surface area contributed by atoms with Crippen molar-refractivity contribution in [2.75, 3.05) is 20.1 Å².